The summed E-state index contributed by atoms with van der Waals surface area (Å²) in [6.07, 6.45) is 3.46. The Labute approximate surface area is 154 Å². The quantitative estimate of drug-likeness (QED) is 0.818. The lowest BCUT2D eigenvalue weighted by Crippen LogP contribution is -2.16. The molecule has 1 atom stereocenters. The Bertz CT molecular complexity index is 593. The molecule has 1 aliphatic rings. The van der Waals surface area contributed by atoms with Crippen LogP contribution in [0.5, 0.6) is 0 Å². The number of methoxy groups -OCH3 is 1. The number of nitrogens with zero attached hydrogens (tertiary/aromatic N) is 1. The van der Waals surface area contributed by atoms with Gasteiger partial charge in [-0.2, -0.15) is 0 Å². The highest BCUT2D eigenvalue weighted by Crippen LogP contribution is 2.27. The molecule has 0 aliphatic carbocycles. The van der Waals surface area contributed by atoms with Gasteiger partial charge in [-0.3, -0.25) is 4.79 Å². The summed E-state index contributed by atoms with van der Waals surface area (Å²) in [4.78, 5) is 15.6. The summed E-state index contributed by atoms with van der Waals surface area (Å²) >= 11 is 1.64. The van der Waals surface area contributed by atoms with Gasteiger partial charge in [0.15, 0.2) is 0 Å². The van der Waals surface area contributed by atoms with E-state index >= 15 is 0 Å². The van der Waals surface area contributed by atoms with Crippen LogP contribution in [0.1, 0.15) is 31.0 Å². The fraction of sp³-hybridized carbons (Fsp3) is 0.474. The van der Waals surface area contributed by atoms with E-state index in [1.165, 1.54) is 29.8 Å². The first-order valence-corrected chi connectivity index (χ1v) is 9.30. The lowest BCUT2D eigenvalue weighted by molar-refractivity contribution is -0.109. The Hall–Kier alpha value is -1.76. The van der Waals surface area contributed by atoms with Crippen molar-refractivity contribution in [1.29, 1.82) is 0 Å². The first-order chi connectivity index (χ1) is 12.1. The van der Waals surface area contributed by atoms with Gasteiger partial charge in [0.05, 0.1) is 16.1 Å². The van der Waals surface area contributed by atoms with E-state index in [0.29, 0.717) is 13.0 Å². The van der Waals surface area contributed by atoms with Gasteiger partial charge >= 0.3 is 0 Å². The molecule has 6 heteroatoms. The van der Waals surface area contributed by atoms with Crippen molar-refractivity contribution in [3.63, 3.8) is 0 Å². The van der Waals surface area contributed by atoms with Gasteiger partial charge in [-0.05, 0) is 44.4 Å². The summed E-state index contributed by atoms with van der Waals surface area (Å²) in [5, 5.41) is 5.96. The summed E-state index contributed by atoms with van der Waals surface area (Å²) < 4.78 is 4.25. The third kappa shape index (κ3) is 8.25. The molecule has 0 saturated carbocycles. The zero-order valence-electron chi connectivity index (χ0n) is 15.5. The number of benzene rings is 1. The van der Waals surface area contributed by atoms with Gasteiger partial charge in [0.1, 0.15) is 0 Å². The van der Waals surface area contributed by atoms with Crippen LogP contribution in [-0.4, -0.2) is 38.2 Å². The summed E-state index contributed by atoms with van der Waals surface area (Å²) in [6, 6.07) is 8.95. The number of hydrogen-bond donors (Lipinski definition) is 2. The molecule has 1 saturated heterocycles. The van der Waals surface area contributed by atoms with E-state index in [9.17, 15) is 4.79 Å². The maximum absolute atomic E-state index is 10.2. The molecule has 25 heavy (non-hydrogen) atoms. The maximum Gasteiger partial charge on any atom is 0.207 e. The van der Waals surface area contributed by atoms with Crippen molar-refractivity contribution >= 4 is 17.7 Å². The van der Waals surface area contributed by atoms with Gasteiger partial charge in [-0.1, -0.05) is 24.3 Å². The monoisotopic (exact) mass is 363 g/mol. The third-order valence-electron chi connectivity index (χ3n) is 3.66. The van der Waals surface area contributed by atoms with Crippen LogP contribution in [0.4, 0.5) is 0 Å². The van der Waals surface area contributed by atoms with Crippen LogP contribution < -0.4 is 10.6 Å². The molecule has 1 amide bonds. The summed E-state index contributed by atoms with van der Waals surface area (Å²) in [6.45, 7) is 6.05. The van der Waals surface area contributed by atoms with E-state index in [4.69, 9.17) is 0 Å². The fourth-order valence-corrected chi connectivity index (χ4v) is 3.18. The van der Waals surface area contributed by atoms with Crippen LogP contribution in [-0.2, 0) is 16.1 Å². The second-order valence-corrected chi connectivity index (χ2v) is 6.72. The molecule has 1 aliphatic heterocycles. The molecule has 2 heterocycles. The van der Waals surface area contributed by atoms with Gasteiger partial charge < -0.3 is 15.4 Å². The van der Waals surface area contributed by atoms with Gasteiger partial charge in [-0.15, -0.1) is 11.3 Å². The lowest BCUT2D eigenvalue weighted by atomic mass is 10.1. The van der Waals surface area contributed by atoms with Crippen LogP contribution in [0.3, 0.4) is 0 Å². The first kappa shape index (κ1) is 21.3. The van der Waals surface area contributed by atoms with Crippen LogP contribution >= 0.6 is 11.3 Å². The zero-order chi connectivity index (χ0) is 18.5. The van der Waals surface area contributed by atoms with Gasteiger partial charge in [0.25, 0.3) is 0 Å². The lowest BCUT2D eigenvalue weighted by Gasteiger charge is -2.02. The fourth-order valence-electron chi connectivity index (χ4n) is 2.37. The highest BCUT2D eigenvalue weighted by atomic mass is 32.1. The maximum atomic E-state index is 10.2. The molecular formula is C19H29N3O2S. The van der Waals surface area contributed by atoms with E-state index in [0.717, 1.165) is 17.3 Å². The largest absolute Gasteiger partial charge is 0.388 e. The Morgan fingerprint density at radius 3 is 2.44 bits per heavy atom. The van der Waals surface area contributed by atoms with Gasteiger partial charge in [0.2, 0.25) is 6.41 Å². The summed E-state index contributed by atoms with van der Waals surface area (Å²) in [7, 11) is 3.25. The Kier molecular flexibility index (Phi) is 10.7. The zero-order valence-corrected chi connectivity index (χ0v) is 16.4. The van der Waals surface area contributed by atoms with E-state index < -0.39 is 0 Å². The van der Waals surface area contributed by atoms with Crippen LogP contribution in [0.2, 0.25) is 0 Å². The molecule has 0 bridgehead atoms. The van der Waals surface area contributed by atoms with Crippen molar-refractivity contribution < 1.29 is 9.53 Å². The van der Waals surface area contributed by atoms with Crippen molar-refractivity contribution in [1.82, 2.24) is 15.6 Å². The van der Waals surface area contributed by atoms with E-state index in [-0.39, 0.29) is 0 Å². The van der Waals surface area contributed by atoms with E-state index in [1.54, 1.807) is 25.6 Å². The molecule has 1 unspecified atom stereocenters. The average molecular weight is 364 g/mol. The highest BCUT2D eigenvalue weighted by Gasteiger charge is 2.05. The summed E-state index contributed by atoms with van der Waals surface area (Å²) in [5.74, 6) is 0. The van der Waals surface area contributed by atoms with Crippen molar-refractivity contribution in [2.24, 2.45) is 0 Å². The standard InChI is InChI=1S/C12H12N2OS.C5H11N.C2H6O/c1-9-12(16-8-14-9)11-4-2-10(3-5-11)6-13-7-15;1-5-3-2-4-6-5;1-3-2/h2-5,7-8H,6H2,1H3,(H,13,15);5-6H,2-4H2,1H3;1-2H3. The van der Waals surface area contributed by atoms with Crippen molar-refractivity contribution in [3.8, 4) is 10.4 Å². The molecule has 0 radical (unpaired) electrons. The molecule has 0 spiro atoms. The molecule has 5 nitrogen and oxygen atoms in total. The topological polar surface area (TPSA) is 63.2 Å². The number of carbonyl (C=O) groups is 1. The number of carbonyl (C=O) groups excluding carboxylic acids is 1. The second kappa shape index (κ2) is 12.6. The minimum atomic E-state index is 0.575. The third-order valence-corrected chi connectivity index (χ3v) is 4.64. The molecule has 138 valence electrons. The number of amides is 1. The molecule has 3 rings (SSSR count). The Morgan fingerprint density at radius 1 is 1.36 bits per heavy atom. The predicted molar refractivity (Wildman–Crippen MR) is 105 cm³/mol. The Balaban J connectivity index is 0.000000287. The second-order valence-electron chi connectivity index (χ2n) is 5.87. The number of hydrogen-bond acceptors (Lipinski definition) is 5. The van der Waals surface area contributed by atoms with E-state index in [2.05, 4.69) is 39.4 Å². The van der Waals surface area contributed by atoms with Gasteiger partial charge in [-0.25, -0.2) is 4.98 Å². The van der Waals surface area contributed by atoms with Gasteiger partial charge in [0, 0.05) is 26.8 Å². The molecule has 2 aromatic rings. The van der Waals surface area contributed by atoms with Crippen LogP contribution in [0.25, 0.3) is 10.4 Å². The minimum Gasteiger partial charge on any atom is -0.388 e. The molecule has 2 N–H and O–H groups in total. The molecule has 1 fully saturated rings. The normalized spacial score (nSPS) is 15.4. The van der Waals surface area contributed by atoms with Crippen molar-refractivity contribution in [2.75, 3.05) is 20.8 Å². The first-order valence-electron chi connectivity index (χ1n) is 8.42. The number of nitrogens with one attached hydrogen (secondary N) is 2. The molecule has 1 aromatic carbocycles. The molecular weight excluding hydrogens is 334 g/mol. The minimum absolute atomic E-state index is 0.575. The van der Waals surface area contributed by atoms with Crippen molar-refractivity contribution in [2.45, 2.75) is 39.3 Å². The predicted octanol–water partition coefficient (Wildman–Crippen LogP) is 3.39. The number of aryl methyl sites for hydroxylation is 1. The van der Waals surface area contributed by atoms with Crippen LogP contribution in [0.15, 0.2) is 29.8 Å². The Morgan fingerprint density at radius 2 is 2.04 bits per heavy atom. The number of rotatable bonds is 4. The molecule has 1 aromatic heterocycles. The van der Waals surface area contributed by atoms with Crippen molar-refractivity contribution in [3.05, 3.63) is 41.0 Å². The number of thiazole rings is 1. The van der Waals surface area contributed by atoms with Crippen LogP contribution in [0, 0.1) is 6.92 Å². The highest BCUT2D eigenvalue weighted by molar-refractivity contribution is 7.13. The average Bonchev–Trinajstić information content (AvgIpc) is 3.26. The SMILES string of the molecule is CC1CCCN1.COC.Cc1ncsc1-c1ccc(CNC=O)cc1. The smallest absolute Gasteiger partial charge is 0.207 e. The number of aromatic nitrogens is 1. The summed E-state index contributed by atoms with van der Waals surface area (Å²) in [5.41, 5.74) is 5.18. The van der Waals surface area contributed by atoms with E-state index in [1.807, 2.05) is 24.6 Å². The number of ether oxygens (including phenoxy) is 1.